The third-order valence-electron chi connectivity index (χ3n) is 2.82. The monoisotopic (exact) mass is 251 g/mol. The minimum atomic E-state index is 0.523. The summed E-state index contributed by atoms with van der Waals surface area (Å²) in [6, 6.07) is 3.66. The summed E-state index contributed by atoms with van der Waals surface area (Å²) >= 11 is 0. The van der Waals surface area contributed by atoms with Crippen LogP contribution in [0.2, 0.25) is 0 Å². The topological polar surface area (TPSA) is 53.7 Å². The third-order valence-corrected chi connectivity index (χ3v) is 2.82. The van der Waals surface area contributed by atoms with Gasteiger partial charge in [-0.1, -0.05) is 12.5 Å². The summed E-state index contributed by atoms with van der Waals surface area (Å²) in [6.45, 7) is 2.59. The number of rotatable bonds is 6. The predicted molar refractivity (Wildman–Crippen MR) is 73.4 cm³/mol. The summed E-state index contributed by atoms with van der Waals surface area (Å²) < 4.78 is 16.0. The molecule has 4 heteroatoms. The summed E-state index contributed by atoms with van der Waals surface area (Å²) in [5, 5.41) is 0. The van der Waals surface area contributed by atoms with E-state index in [2.05, 4.69) is 6.92 Å². The van der Waals surface area contributed by atoms with E-state index in [1.807, 2.05) is 18.2 Å². The van der Waals surface area contributed by atoms with Crippen LogP contribution >= 0.6 is 0 Å². The maximum absolute atomic E-state index is 5.70. The number of nitrogens with two attached hydrogens (primary N) is 1. The van der Waals surface area contributed by atoms with Gasteiger partial charge in [-0.25, -0.2) is 0 Å². The molecule has 0 aliphatic carbocycles. The van der Waals surface area contributed by atoms with Crippen LogP contribution in [-0.2, 0) is 0 Å². The fraction of sp³-hybridized carbons (Fsp3) is 0.429. The lowest BCUT2D eigenvalue weighted by Crippen LogP contribution is -2.03. The lowest BCUT2D eigenvalue weighted by atomic mass is 10.1. The van der Waals surface area contributed by atoms with Gasteiger partial charge in [-0.05, 0) is 12.5 Å². The molecule has 0 bridgehead atoms. The van der Waals surface area contributed by atoms with Crippen molar-refractivity contribution >= 4 is 6.08 Å². The molecule has 0 spiro atoms. The SMILES string of the molecule is CCC(=Cc1c(OC)cc(OC)cc1OC)CN. The van der Waals surface area contributed by atoms with E-state index in [4.69, 9.17) is 19.9 Å². The van der Waals surface area contributed by atoms with Gasteiger partial charge in [0.25, 0.3) is 0 Å². The second-order valence-electron chi connectivity index (χ2n) is 3.81. The van der Waals surface area contributed by atoms with Crippen LogP contribution in [0.1, 0.15) is 18.9 Å². The number of hydrogen-bond acceptors (Lipinski definition) is 4. The van der Waals surface area contributed by atoms with Crippen LogP contribution < -0.4 is 19.9 Å². The highest BCUT2D eigenvalue weighted by atomic mass is 16.5. The second-order valence-corrected chi connectivity index (χ2v) is 3.81. The van der Waals surface area contributed by atoms with Gasteiger partial charge in [0.2, 0.25) is 0 Å². The Balaban J connectivity index is 3.35. The number of methoxy groups -OCH3 is 3. The Labute approximate surface area is 108 Å². The molecule has 0 fully saturated rings. The maximum Gasteiger partial charge on any atom is 0.133 e. The third kappa shape index (κ3) is 3.17. The summed E-state index contributed by atoms with van der Waals surface area (Å²) in [5.74, 6) is 2.13. The fourth-order valence-corrected chi connectivity index (χ4v) is 1.68. The van der Waals surface area contributed by atoms with Gasteiger partial charge in [0.15, 0.2) is 0 Å². The molecule has 1 rings (SSSR count). The Morgan fingerprint density at radius 1 is 1.11 bits per heavy atom. The number of benzene rings is 1. The molecule has 0 amide bonds. The summed E-state index contributed by atoms with van der Waals surface area (Å²) in [5.41, 5.74) is 7.72. The Kier molecular flexibility index (Phi) is 5.52. The molecule has 0 aromatic heterocycles. The van der Waals surface area contributed by atoms with Crippen molar-refractivity contribution in [1.29, 1.82) is 0 Å². The lowest BCUT2D eigenvalue weighted by molar-refractivity contribution is 0.374. The van der Waals surface area contributed by atoms with Gasteiger partial charge in [-0.2, -0.15) is 0 Å². The van der Waals surface area contributed by atoms with Gasteiger partial charge >= 0.3 is 0 Å². The van der Waals surface area contributed by atoms with Gasteiger partial charge in [0.1, 0.15) is 17.2 Å². The molecule has 0 aliphatic rings. The summed E-state index contributed by atoms with van der Waals surface area (Å²) in [6.07, 6.45) is 2.91. The smallest absolute Gasteiger partial charge is 0.133 e. The van der Waals surface area contributed by atoms with Crippen LogP contribution in [0.25, 0.3) is 6.08 Å². The molecule has 0 heterocycles. The van der Waals surface area contributed by atoms with E-state index in [1.165, 1.54) is 0 Å². The molecular formula is C14H21NO3. The zero-order chi connectivity index (χ0) is 13.5. The molecule has 1 aromatic rings. The molecule has 0 saturated carbocycles. The highest BCUT2D eigenvalue weighted by Gasteiger charge is 2.11. The molecule has 18 heavy (non-hydrogen) atoms. The first-order valence-electron chi connectivity index (χ1n) is 5.89. The Morgan fingerprint density at radius 3 is 2.00 bits per heavy atom. The zero-order valence-electron chi connectivity index (χ0n) is 11.4. The zero-order valence-corrected chi connectivity index (χ0v) is 11.4. The van der Waals surface area contributed by atoms with Crippen LogP contribution in [0.15, 0.2) is 17.7 Å². The van der Waals surface area contributed by atoms with Crippen molar-refractivity contribution in [2.75, 3.05) is 27.9 Å². The summed E-state index contributed by atoms with van der Waals surface area (Å²) in [7, 11) is 4.86. The molecule has 0 unspecified atom stereocenters. The van der Waals surface area contributed by atoms with Crippen LogP contribution in [0.5, 0.6) is 17.2 Å². The first-order valence-corrected chi connectivity index (χ1v) is 5.89. The van der Waals surface area contributed by atoms with Crippen molar-refractivity contribution in [3.8, 4) is 17.2 Å². The lowest BCUT2D eigenvalue weighted by Gasteiger charge is -2.13. The number of hydrogen-bond donors (Lipinski definition) is 1. The highest BCUT2D eigenvalue weighted by molar-refractivity contribution is 5.68. The normalized spacial score (nSPS) is 11.3. The van der Waals surface area contributed by atoms with Gasteiger partial charge in [0.05, 0.1) is 26.9 Å². The molecule has 0 aliphatic heterocycles. The van der Waals surface area contributed by atoms with Gasteiger partial charge < -0.3 is 19.9 Å². The molecule has 100 valence electrons. The Hall–Kier alpha value is -1.68. The summed E-state index contributed by atoms with van der Waals surface area (Å²) in [4.78, 5) is 0. The average Bonchev–Trinajstić information content (AvgIpc) is 2.43. The van der Waals surface area contributed by atoms with E-state index in [-0.39, 0.29) is 0 Å². The quantitative estimate of drug-likeness (QED) is 0.843. The minimum absolute atomic E-state index is 0.523. The van der Waals surface area contributed by atoms with Crippen molar-refractivity contribution in [3.63, 3.8) is 0 Å². The van der Waals surface area contributed by atoms with E-state index in [0.29, 0.717) is 23.8 Å². The Morgan fingerprint density at radius 2 is 1.67 bits per heavy atom. The van der Waals surface area contributed by atoms with E-state index in [9.17, 15) is 0 Å². The largest absolute Gasteiger partial charge is 0.496 e. The Bertz CT molecular complexity index is 396. The average molecular weight is 251 g/mol. The van der Waals surface area contributed by atoms with Crippen LogP contribution in [0.3, 0.4) is 0 Å². The first-order chi connectivity index (χ1) is 8.69. The van der Waals surface area contributed by atoms with Gasteiger partial charge in [0, 0.05) is 18.7 Å². The predicted octanol–water partition coefficient (Wildman–Crippen LogP) is 2.46. The molecule has 1 aromatic carbocycles. The van der Waals surface area contributed by atoms with Crippen LogP contribution in [0.4, 0.5) is 0 Å². The van der Waals surface area contributed by atoms with E-state index >= 15 is 0 Å². The minimum Gasteiger partial charge on any atom is -0.496 e. The van der Waals surface area contributed by atoms with Gasteiger partial charge in [-0.3, -0.25) is 0 Å². The second kappa shape index (κ2) is 6.91. The molecule has 0 saturated heterocycles. The van der Waals surface area contributed by atoms with Crippen LogP contribution in [-0.4, -0.2) is 27.9 Å². The van der Waals surface area contributed by atoms with Crippen molar-refractivity contribution in [3.05, 3.63) is 23.3 Å². The standard InChI is InChI=1S/C14H21NO3/c1-5-10(9-15)6-12-13(17-3)7-11(16-2)8-14(12)18-4/h6-8H,5,9,15H2,1-4H3. The van der Waals surface area contributed by atoms with Gasteiger partial charge in [-0.15, -0.1) is 0 Å². The van der Waals surface area contributed by atoms with E-state index < -0.39 is 0 Å². The molecule has 2 N–H and O–H groups in total. The molecule has 0 atom stereocenters. The molecule has 4 nitrogen and oxygen atoms in total. The highest BCUT2D eigenvalue weighted by Crippen LogP contribution is 2.35. The van der Waals surface area contributed by atoms with Crippen molar-refractivity contribution in [2.45, 2.75) is 13.3 Å². The van der Waals surface area contributed by atoms with Crippen molar-refractivity contribution in [2.24, 2.45) is 5.73 Å². The first kappa shape index (κ1) is 14.4. The number of ether oxygens (including phenoxy) is 3. The maximum atomic E-state index is 5.70. The van der Waals surface area contributed by atoms with Crippen molar-refractivity contribution < 1.29 is 14.2 Å². The van der Waals surface area contributed by atoms with E-state index in [0.717, 1.165) is 17.6 Å². The van der Waals surface area contributed by atoms with E-state index in [1.54, 1.807) is 21.3 Å². The van der Waals surface area contributed by atoms with Crippen molar-refractivity contribution in [1.82, 2.24) is 0 Å². The molecule has 0 radical (unpaired) electrons. The van der Waals surface area contributed by atoms with Crippen LogP contribution in [0, 0.1) is 0 Å². The molecular weight excluding hydrogens is 230 g/mol. The fourth-order valence-electron chi connectivity index (χ4n) is 1.68.